The fourth-order valence-corrected chi connectivity index (χ4v) is 6.12. The summed E-state index contributed by atoms with van der Waals surface area (Å²) < 4.78 is 15.8. The first-order valence-corrected chi connectivity index (χ1v) is 9.45. The molecule has 0 radical (unpaired) electrons. The summed E-state index contributed by atoms with van der Waals surface area (Å²) in [6.07, 6.45) is 1.70. The Bertz CT molecular complexity index is 687. The third kappa shape index (κ3) is 3.01. The molecule has 0 atom stereocenters. The van der Waals surface area contributed by atoms with Gasteiger partial charge in [0.2, 0.25) is 0 Å². The van der Waals surface area contributed by atoms with Gasteiger partial charge >= 0.3 is 0 Å². The summed E-state index contributed by atoms with van der Waals surface area (Å²) in [4.78, 5) is 0.811. The van der Waals surface area contributed by atoms with Crippen molar-refractivity contribution in [2.24, 2.45) is 0 Å². The number of hydrogen-bond acceptors (Lipinski definition) is 0. The minimum absolute atomic E-state index is 0.380. The smallest absolute Gasteiger partial charge is 0.0269 e. The lowest BCUT2D eigenvalue weighted by molar-refractivity contribution is 0.870. The zero-order valence-electron chi connectivity index (χ0n) is 12.7. The summed E-state index contributed by atoms with van der Waals surface area (Å²) >= 11 is 0. The molecular formula is C18H23FS. The van der Waals surface area contributed by atoms with Gasteiger partial charge < -0.3 is 0 Å². The monoisotopic (exact) mass is 290 g/mol. The summed E-state index contributed by atoms with van der Waals surface area (Å²) in [6, 6.07) is 14.0. The second-order valence-corrected chi connectivity index (χ2v) is 10.2. The van der Waals surface area contributed by atoms with Crippen LogP contribution in [0.25, 0.3) is 0 Å². The Balaban J connectivity index is 2.54. The second-order valence-electron chi connectivity index (χ2n) is 6.08. The van der Waals surface area contributed by atoms with Gasteiger partial charge in [-0.1, -0.05) is 63.0 Å². The van der Waals surface area contributed by atoms with E-state index in [0.29, 0.717) is 5.75 Å². The first-order valence-electron chi connectivity index (χ1n) is 6.76. The lowest BCUT2D eigenvalue weighted by Gasteiger charge is -2.39. The van der Waals surface area contributed by atoms with Gasteiger partial charge in [-0.25, -0.2) is 0 Å². The van der Waals surface area contributed by atoms with E-state index in [1.165, 1.54) is 0 Å². The minimum Gasteiger partial charge on any atom is -0.191 e. The molecule has 108 valence electrons. The predicted octanol–water partition coefficient (Wildman–Crippen LogP) is 5.46. The summed E-state index contributed by atoms with van der Waals surface area (Å²) in [5.74, 6) is 4.44. The lowest BCUT2D eigenvalue weighted by Crippen LogP contribution is -2.08. The predicted molar refractivity (Wildman–Crippen MR) is 90.8 cm³/mol. The molecule has 0 spiro atoms. The molecule has 0 aliphatic rings. The molecule has 0 fully saturated rings. The topological polar surface area (TPSA) is 0 Å². The Hall–Kier alpha value is -1.41. The highest BCUT2D eigenvalue weighted by Crippen LogP contribution is 2.66. The zero-order valence-corrected chi connectivity index (χ0v) is 13.6. The van der Waals surface area contributed by atoms with Gasteiger partial charge in [-0.3, -0.25) is 0 Å². The fourth-order valence-electron chi connectivity index (χ4n) is 3.00. The maximum Gasteiger partial charge on any atom is 0.0269 e. The van der Waals surface area contributed by atoms with Crippen LogP contribution in [0.4, 0.5) is 3.89 Å². The van der Waals surface area contributed by atoms with Gasteiger partial charge in [0, 0.05) is 10.6 Å². The van der Waals surface area contributed by atoms with Crippen LogP contribution in [0.3, 0.4) is 0 Å². The van der Waals surface area contributed by atoms with E-state index < -0.39 is 9.14 Å². The van der Waals surface area contributed by atoms with Crippen LogP contribution < -0.4 is 0 Å². The van der Waals surface area contributed by atoms with Crippen molar-refractivity contribution >= 4 is 15.0 Å². The minimum atomic E-state index is -3.39. The summed E-state index contributed by atoms with van der Waals surface area (Å²) in [5.41, 5.74) is 4.18. The summed E-state index contributed by atoms with van der Waals surface area (Å²) in [7, 11) is -3.39. The highest BCUT2D eigenvalue weighted by atomic mass is 32.3. The van der Waals surface area contributed by atoms with Gasteiger partial charge in [-0.05, 0) is 43.7 Å². The van der Waals surface area contributed by atoms with Crippen molar-refractivity contribution < 1.29 is 3.89 Å². The highest BCUT2D eigenvalue weighted by molar-refractivity contribution is 8.41. The Morgan fingerprint density at radius 1 is 1.00 bits per heavy atom. The molecule has 0 nitrogen and oxygen atoms in total. The van der Waals surface area contributed by atoms with Crippen LogP contribution in [0.2, 0.25) is 0 Å². The van der Waals surface area contributed by atoms with Crippen molar-refractivity contribution in [1.29, 1.82) is 0 Å². The Labute approximate surface area is 121 Å². The van der Waals surface area contributed by atoms with Crippen LogP contribution in [0.15, 0.2) is 47.4 Å². The Morgan fingerprint density at radius 2 is 1.55 bits per heavy atom. The summed E-state index contributed by atoms with van der Waals surface area (Å²) in [5, 5.41) is 0. The van der Waals surface area contributed by atoms with Crippen LogP contribution in [0.5, 0.6) is 0 Å². The van der Waals surface area contributed by atoms with Crippen molar-refractivity contribution in [3.8, 4) is 0 Å². The maximum absolute atomic E-state index is 15.8. The standard InChI is InChI=1S/C18H23FS/c1-14-8-6-11-17(12-14)13-20(4,5,19)18-15(2)9-7-10-16(18)3/h6-12H,4,13H2,1-3,5H3. The van der Waals surface area contributed by atoms with E-state index in [1.54, 1.807) is 6.26 Å². The molecule has 2 aromatic carbocycles. The number of halogens is 1. The van der Waals surface area contributed by atoms with Crippen LogP contribution >= 0.6 is 9.14 Å². The third-order valence-electron chi connectivity index (χ3n) is 3.60. The van der Waals surface area contributed by atoms with Crippen molar-refractivity contribution in [2.45, 2.75) is 31.4 Å². The van der Waals surface area contributed by atoms with E-state index in [4.69, 9.17) is 0 Å². The SMILES string of the molecule is C=S(C)(F)(Cc1cccc(C)c1)c1c(C)cccc1C. The van der Waals surface area contributed by atoms with E-state index >= 15 is 3.89 Å². The third-order valence-corrected chi connectivity index (χ3v) is 6.46. The van der Waals surface area contributed by atoms with Crippen LogP contribution in [-0.4, -0.2) is 12.1 Å². The molecule has 0 aliphatic heterocycles. The Morgan fingerprint density at radius 3 is 2.10 bits per heavy atom. The average molecular weight is 290 g/mol. The fraction of sp³-hybridized carbons (Fsp3) is 0.278. The molecular weight excluding hydrogens is 267 g/mol. The molecule has 0 heterocycles. The van der Waals surface area contributed by atoms with Crippen molar-refractivity contribution in [3.63, 3.8) is 0 Å². The molecule has 0 amide bonds. The normalized spacial score (nSPS) is 13.8. The van der Waals surface area contributed by atoms with E-state index in [9.17, 15) is 0 Å². The Kier molecular flexibility index (Phi) is 3.64. The van der Waals surface area contributed by atoms with E-state index in [2.05, 4.69) is 11.9 Å². The molecule has 2 heteroatoms. The van der Waals surface area contributed by atoms with Crippen molar-refractivity contribution in [1.82, 2.24) is 0 Å². The number of benzene rings is 2. The molecule has 2 aromatic rings. The first kappa shape index (κ1) is 15.0. The van der Waals surface area contributed by atoms with Gasteiger partial charge in [0.15, 0.2) is 0 Å². The quantitative estimate of drug-likeness (QED) is 0.659. The molecule has 0 saturated heterocycles. The highest BCUT2D eigenvalue weighted by Gasteiger charge is 2.29. The lowest BCUT2D eigenvalue weighted by atomic mass is 10.2. The second kappa shape index (κ2) is 4.85. The van der Waals surface area contributed by atoms with E-state index in [0.717, 1.165) is 27.1 Å². The molecule has 0 aliphatic carbocycles. The maximum atomic E-state index is 15.8. The number of hydrogen-bond donors (Lipinski definition) is 0. The van der Waals surface area contributed by atoms with Gasteiger partial charge in [0.05, 0.1) is 0 Å². The van der Waals surface area contributed by atoms with Crippen LogP contribution in [-0.2, 0) is 5.75 Å². The number of rotatable bonds is 3. The van der Waals surface area contributed by atoms with Crippen molar-refractivity contribution in [3.05, 3.63) is 64.7 Å². The zero-order chi connectivity index (χ0) is 15.0. The first-order chi connectivity index (χ1) is 9.17. The van der Waals surface area contributed by atoms with E-state index in [1.807, 2.05) is 57.2 Å². The largest absolute Gasteiger partial charge is 0.191 e. The molecule has 0 unspecified atom stereocenters. The molecule has 0 bridgehead atoms. The summed E-state index contributed by atoms with van der Waals surface area (Å²) in [6.45, 7) is 5.98. The van der Waals surface area contributed by atoms with E-state index in [-0.39, 0.29) is 0 Å². The molecule has 2 rings (SSSR count). The van der Waals surface area contributed by atoms with Gasteiger partial charge in [0.25, 0.3) is 0 Å². The number of aryl methyl sites for hydroxylation is 3. The van der Waals surface area contributed by atoms with Gasteiger partial charge in [-0.2, -0.15) is 3.89 Å². The van der Waals surface area contributed by atoms with Crippen LogP contribution in [0.1, 0.15) is 22.3 Å². The molecule has 0 aromatic heterocycles. The van der Waals surface area contributed by atoms with Gasteiger partial charge in [-0.15, -0.1) is 0 Å². The average Bonchev–Trinajstić information content (AvgIpc) is 2.26. The molecule has 0 N–H and O–H groups in total. The molecule has 20 heavy (non-hydrogen) atoms. The molecule has 0 saturated carbocycles. The van der Waals surface area contributed by atoms with Crippen molar-refractivity contribution in [2.75, 3.05) is 6.26 Å². The van der Waals surface area contributed by atoms with Gasteiger partial charge in [0.1, 0.15) is 0 Å². The van der Waals surface area contributed by atoms with Crippen LogP contribution in [0, 0.1) is 20.8 Å².